The average Bonchev–Trinajstić information content (AvgIpc) is 3.08. The number of hydrogen-bond acceptors (Lipinski definition) is 2. The molecule has 1 unspecified atom stereocenters. The van der Waals surface area contributed by atoms with Crippen molar-refractivity contribution < 1.29 is 27.0 Å². The van der Waals surface area contributed by atoms with E-state index in [1.165, 1.54) is 0 Å². The standard InChI is InChI=1S/C11H16NO2.C5H4Br.Fe/c1-8(2)10(7-13)12-11(14)9-5-3-4-6-9;6-5-3-1-2-4-5;/h3-6,8,10,13H,7H2,1-2H3,(H,12,14);1-4H;/q-1;-5;. The normalized spacial score (nSPS) is 11.1. The molecule has 1 atom stereocenters. The SMILES string of the molecule is Br[c-]1[cH-][cH-][cH-][cH-]1.CC(C)C(CO)NC(=O)[c-]1cccc1.[Fe]. The topological polar surface area (TPSA) is 49.3 Å². The summed E-state index contributed by atoms with van der Waals surface area (Å²) in [5, 5.41) is 11.8. The van der Waals surface area contributed by atoms with Gasteiger partial charge in [-0.1, -0.05) is 19.4 Å². The van der Waals surface area contributed by atoms with Gasteiger partial charge in [0.25, 0.3) is 0 Å². The molecule has 0 saturated carbocycles. The number of nitrogens with one attached hydrogen (secondary N) is 1. The monoisotopic (exact) mass is 393 g/mol. The fraction of sp³-hybridized carbons (Fsp3) is 0.312. The van der Waals surface area contributed by atoms with Crippen molar-refractivity contribution in [2.45, 2.75) is 19.9 Å². The zero-order valence-corrected chi connectivity index (χ0v) is 14.8. The maximum absolute atomic E-state index is 11.6. The molecular weight excluding hydrogens is 374 g/mol. The molecule has 0 fully saturated rings. The Balaban J connectivity index is 0.000000480. The molecule has 2 aromatic carbocycles. The third-order valence-corrected chi connectivity index (χ3v) is 3.39. The minimum atomic E-state index is -0.169. The molecule has 0 heterocycles. The van der Waals surface area contributed by atoms with Crippen molar-refractivity contribution in [3.05, 3.63) is 58.6 Å². The minimum absolute atomic E-state index is 0. The molecule has 2 N–H and O–H groups in total. The van der Waals surface area contributed by atoms with Gasteiger partial charge in [-0.05, 0) is 5.92 Å². The van der Waals surface area contributed by atoms with Crippen LogP contribution in [0.5, 0.6) is 0 Å². The first-order chi connectivity index (χ1) is 9.54. The number of halogens is 1. The second-order valence-corrected chi connectivity index (χ2v) is 5.70. The van der Waals surface area contributed by atoms with E-state index in [1.807, 2.05) is 50.2 Å². The van der Waals surface area contributed by atoms with Crippen LogP contribution >= 0.6 is 15.9 Å². The van der Waals surface area contributed by atoms with Gasteiger partial charge in [-0.25, -0.2) is 12.1 Å². The molecule has 0 aliphatic carbocycles. The van der Waals surface area contributed by atoms with Crippen molar-refractivity contribution in [3.63, 3.8) is 0 Å². The van der Waals surface area contributed by atoms with E-state index in [0.29, 0.717) is 5.56 Å². The quantitative estimate of drug-likeness (QED) is 0.618. The molecule has 2 rings (SSSR count). The molecule has 0 radical (unpaired) electrons. The third kappa shape index (κ3) is 7.63. The zero-order valence-electron chi connectivity index (χ0n) is 12.1. The van der Waals surface area contributed by atoms with Crippen LogP contribution in [0.25, 0.3) is 0 Å². The Morgan fingerprint density at radius 1 is 1.29 bits per heavy atom. The van der Waals surface area contributed by atoms with Crippen molar-refractivity contribution in [1.82, 2.24) is 5.32 Å². The van der Waals surface area contributed by atoms with Crippen molar-refractivity contribution in [2.24, 2.45) is 5.92 Å². The van der Waals surface area contributed by atoms with Crippen LogP contribution in [-0.2, 0) is 17.1 Å². The number of carbonyl (C=O) groups excluding carboxylic acids is 1. The first-order valence-corrected chi connectivity index (χ1v) is 7.34. The number of rotatable bonds is 4. The van der Waals surface area contributed by atoms with E-state index in [9.17, 15) is 4.79 Å². The van der Waals surface area contributed by atoms with Gasteiger partial charge in [0.2, 0.25) is 0 Å². The van der Waals surface area contributed by atoms with Gasteiger partial charge in [-0.2, -0.15) is 12.1 Å². The predicted molar refractivity (Wildman–Crippen MR) is 84.9 cm³/mol. The van der Waals surface area contributed by atoms with Gasteiger partial charge in [0.1, 0.15) is 0 Å². The van der Waals surface area contributed by atoms with Crippen molar-refractivity contribution in [3.8, 4) is 0 Å². The number of amides is 1. The van der Waals surface area contributed by atoms with Gasteiger partial charge in [-0.15, -0.1) is 0 Å². The Kier molecular flexibility index (Phi) is 10.4. The van der Waals surface area contributed by atoms with E-state index in [-0.39, 0.29) is 41.5 Å². The zero-order chi connectivity index (χ0) is 15.0. The Morgan fingerprint density at radius 2 is 1.81 bits per heavy atom. The van der Waals surface area contributed by atoms with E-state index < -0.39 is 0 Å². The molecule has 0 aliphatic rings. The average molecular weight is 394 g/mol. The summed E-state index contributed by atoms with van der Waals surface area (Å²) in [6, 6.07) is 15.0. The van der Waals surface area contributed by atoms with E-state index in [4.69, 9.17) is 5.11 Å². The van der Waals surface area contributed by atoms with Gasteiger partial charge in [-0.3, -0.25) is 4.79 Å². The number of hydrogen-bond donors (Lipinski definition) is 2. The summed E-state index contributed by atoms with van der Waals surface area (Å²) < 4.78 is 1.16. The number of aliphatic hydroxyl groups is 1. The summed E-state index contributed by atoms with van der Waals surface area (Å²) in [5.41, 5.74) is 0.643. The summed E-state index contributed by atoms with van der Waals surface area (Å²) in [6.07, 6.45) is 0. The molecule has 1 amide bonds. The molecule has 122 valence electrons. The van der Waals surface area contributed by atoms with Crippen LogP contribution in [0.3, 0.4) is 0 Å². The van der Waals surface area contributed by atoms with Crippen molar-refractivity contribution >= 4 is 21.8 Å². The first-order valence-electron chi connectivity index (χ1n) is 6.55. The molecule has 0 aliphatic heterocycles. The van der Waals surface area contributed by atoms with Crippen LogP contribution < -0.4 is 5.32 Å². The van der Waals surface area contributed by atoms with E-state index in [1.54, 1.807) is 12.1 Å². The largest absolute Gasteiger partial charge is 0.747 e. The van der Waals surface area contributed by atoms with E-state index in [0.717, 1.165) is 4.47 Å². The van der Waals surface area contributed by atoms with Crippen molar-refractivity contribution in [1.29, 1.82) is 0 Å². The third-order valence-electron chi connectivity index (χ3n) is 2.86. The van der Waals surface area contributed by atoms with Crippen LogP contribution in [0, 0.1) is 5.92 Å². The first kappa shape index (κ1) is 20.1. The van der Waals surface area contributed by atoms with Crippen LogP contribution in [0.4, 0.5) is 0 Å². The van der Waals surface area contributed by atoms with Crippen LogP contribution in [0.15, 0.2) is 53.0 Å². The summed E-state index contributed by atoms with van der Waals surface area (Å²) in [6.45, 7) is 3.91. The summed E-state index contributed by atoms with van der Waals surface area (Å²) in [7, 11) is 0. The van der Waals surface area contributed by atoms with Gasteiger partial charge in [0, 0.05) is 17.1 Å². The van der Waals surface area contributed by atoms with Crippen molar-refractivity contribution in [2.75, 3.05) is 6.61 Å². The fourth-order valence-corrected chi connectivity index (χ4v) is 1.86. The Labute approximate surface area is 145 Å². The second-order valence-electron chi connectivity index (χ2n) is 4.78. The van der Waals surface area contributed by atoms with Gasteiger partial charge in [0.15, 0.2) is 5.91 Å². The summed E-state index contributed by atoms with van der Waals surface area (Å²) in [5.74, 6) is 0.113. The maximum Gasteiger partial charge on any atom is 0.195 e. The minimum Gasteiger partial charge on any atom is -0.747 e. The molecule has 3 nitrogen and oxygen atoms in total. The summed E-state index contributed by atoms with van der Waals surface area (Å²) in [4.78, 5) is 11.6. The molecule has 0 saturated heterocycles. The Hall–Kier alpha value is -0.871. The number of aliphatic hydroxyl groups excluding tert-OH is 1. The van der Waals surface area contributed by atoms with Crippen LogP contribution in [0.2, 0.25) is 0 Å². The molecule has 0 bridgehead atoms. The van der Waals surface area contributed by atoms with Gasteiger partial charge in [0.05, 0.1) is 12.6 Å². The number of carbonyl (C=O) groups is 1. The Bertz CT molecular complexity index is 480. The van der Waals surface area contributed by atoms with Gasteiger partial charge >= 0.3 is 0 Å². The maximum atomic E-state index is 11.6. The molecular formula is C16H20BrFeNO2-6. The van der Waals surface area contributed by atoms with E-state index >= 15 is 0 Å². The second kappa shape index (κ2) is 10.8. The molecule has 2 aromatic rings. The summed E-state index contributed by atoms with van der Waals surface area (Å²) >= 11 is 3.28. The molecule has 21 heavy (non-hydrogen) atoms. The Morgan fingerprint density at radius 3 is 2.14 bits per heavy atom. The van der Waals surface area contributed by atoms with E-state index in [2.05, 4.69) is 21.2 Å². The smallest absolute Gasteiger partial charge is 0.195 e. The van der Waals surface area contributed by atoms with Crippen LogP contribution in [-0.4, -0.2) is 23.7 Å². The predicted octanol–water partition coefficient (Wildman–Crippen LogP) is 3.32. The fourth-order valence-electron chi connectivity index (χ4n) is 1.55. The van der Waals surface area contributed by atoms with Crippen LogP contribution in [0.1, 0.15) is 24.2 Å². The molecule has 5 heteroatoms. The van der Waals surface area contributed by atoms with Gasteiger partial charge < -0.3 is 55.1 Å². The molecule has 0 aromatic heterocycles. The molecule has 0 spiro atoms.